The maximum absolute atomic E-state index is 13.9. The zero-order chi connectivity index (χ0) is 27.1. The van der Waals surface area contributed by atoms with Crippen LogP contribution in [0, 0.1) is 12.7 Å². The Kier molecular flexibility index (Phi) is 6.83. The number of alkyl halides is 3. The number of methoxy groups -OCH3 is 1. The third-order valence-corrected chi connectivity index (χ3v) is 6.54. The molecule has 2 aromatic rings. The fourth-order valence-corrected chi connectivity index (χ4v) is 4.58. The number of nitrogens with one attached hydrogen (secondary N) is 1. The number of likely N-dealkylation sites (N-methyl/N-ethyl adjacent to an activating group) is 1. The van der Waals surface area contributed by atoms with Gasteiger partial charge in [-0.3, -0.25) is 4.79 Å². The monoisotopic (exact) mass is 516 g/mol. The van der Waals surface area contributed by atoms with E-state index in [1.165, 1.54) is 30.2 Å². The predicted molar refractivity (Wildman–Crippen MR) is 132 cm³/mol. The summed E-state index contributed by atoms with van der Waals surface area (Å²) < 4.78 is 66.4. The Balaban J connectivity index is 1.92. The van der Waals surface area contributed by atoms with Crippen molar-refractivity contribution in [3.8, 4) is 11.5 Å². The van der Waals surface area contributed by atoms with Crippen molar-refractivity contribution >= 4 is 11.5 Å². The second-order valence-corrected chi connectivity index (χ2v) is 9.60. The summed E-state index contributed by atoms with van der Waals surface area (Å²) in [6.45, 7) is 5.16. The standard InChI is InChI=1S/C28H28F4N2O3/c1-16-6-8-18(29)13-25(16)37-15-22-20(21-12-17(28(30,31)32)7-11-24(21)36-5)10-9-19-14-23(22)34(4)26(35)27(2,3)33-19/h6-13,33H,14-15H2,1-5H3. The van der Waals surface area contributed by atoms with Crippen molar-refractivity contribution in [1.82, 2.24) is 10.2 Å². The number of hydrogen-bond donors (Lipinski definition) is 1. The molecule has 4 rings (SSSR count). The summed E-state index contributed by atoms with van der Waals surface area (Å²) in [5.41, 5.74) is 1.32. The molecule has 1 amide bonds. The van der Waals surface area contributed by atoms with Crippen LogP contribution in [0.1, 0.15) is 37.0 Å². The normalized spacial score (nSPS) is 17.4. The Morgan fingerprint density at radius 2 is 1.81 bits per heavy atom. The van der Waals surface area contributed by atoms with Crippen LogP contribution in [0.15, 0.2) is 65.5 Å². The summed E-state index contributed by atoms with van der Waals surface area (Å²) in [6, 6.07) is 7.40. The minimum Gasteiger partial charge on any atom is -0.496 e. The molecule has 1 saturated heterocycles. The lowest BCUT2D eigenvalue weighted by molar-refractivity contribution is -0.137. The van der Waals surface area contributed by atoms with Gasteiger partial charge in [0.05, 0.1) is 12.7 Å². The molecule has 9 heteroatoms. The van der Waals surface area contributed by atoms with Gasteiger partial charge in [-0.25, -0.2) is 4.39 Å². The molecule has 1 fully saturated rings. The second kappa shape index (κ2) is 9.61. The molecule has 2 bridgehead atoms. The zero-order valence-electron chi connectivity index (χ0n) is 21.2. The van der Waals surface area contributed by atoms with Crippen LogP contribution in [-0.4, -0.2) is 37.1 Å². The van der Waals surface area contributed by atoms with Crippen molar-refractivity contribution in [2.75, 3.05) is 20.8 Å². The Bertz CT molecular complexity index is 1340. The van der Waals surface area contributed by atoms with Gasteiger partial charge in [0.2, 0.25) is 0 Å². The molecule has 1 N–H and O–H groups in total. The third kappa shape index (κ3) is 5.21. The van der Waals surface area contributed by atoms with Crippen LogP contribution in [0.3, 0.4) is 0 Å². The SMILES string of the molecule is COc1ccc(C(F)(F)F)cc1C1=CC=C2CC(=C1COc1cc(F)ccc1C)N(C)C(=O)C(C)(C)N2. The third-order valence-electron chi connectivity index (χ3n) is 6.54. The van der Waals surface area contributed by atoms with E-state index in [-0.39, 0.29) is 23.8 Å². The Morgan fingerprint density at radius 3 is 2.49 bits per heavy atom. The topological polar surface area (TPSA) is 50.8 Å². The summed E-state index contributed by atoms with van der Waals surface area (Å²) in [5, 5.41) is 3.24. The smallest absolute Gasteiger partial charge is 0.416 e. The molecule has 196 valence electrons. The number of ether oxygens (including phenoxy) is 2. The van der Waals surface area contributed by atoms with E-state index < -0.39 is 23.1 Å². The summed E-state index contributed by atoms with van der Waals surface area (Å²) in [4.78, 5) is 14.8. The highest BCUT2D eigenvalue weighted by atomic mass is 19.4. The molecule has 0 atom stereocenters. The molecule has 0 unspecified atom stereocenters. The van der Waals surface area contributed by atoms with Crippen LogP contribution in [0.2, 0.25) is 0 Å². The molecule has 0 saturated carbocycles. The van der Waals surface area contributed by atoms with Gasteiger partial charge in [0.15, 0.2) is 0 Å². The fraction of sp³-hybridized carbons (Fsp3) is 0.321. The number of carbonyl (C=O) groups is 1. The zero-order valence-corrected chi connectivity index (χ0v) is 21.2. The molecule has 0 aromatic heterocycles. The Hall–Kier alpha value is -3.75. The maximum Gasteiger partial charge on any atom is 0.416 e. The van der Waals surface area contributed by atoms with Gasteiger partial charge in [0.1, 0.15) is 29.5 Å². The van der Waals surface area contributed by atoms with Crippen LogP contribution in [0.4, 0.5) is 17.6 Å². The van der Waals surface area contributed by atoms with Crippen molar-refractivity contribution in [2.24, 2.45) is 0 Å². The highest BCUT2D eigenvalue weighted by Crippen LogP contribution is 2.41. The molecule has 1 aliphatic carbocycles. The van der Waals surface area contributed by atoms with E-state index in [0.29, 0.717) is 34.6 Å². The summed E-state index contributed by atoms with van der Waals surface area (Å²) in [7, 11) is 3.01. The van der Waals surface area contributed by atoms with Crippen molar-refractivity contribution in [3.05, 3.63) is 88.0 Å². The van der Waals surface area contributed by atoms with E-state index in [0.717, 1.165) is 17.8 Å². The molecule has 0 spiro atoms. The highest BCUT2D eigenvalue weighted by Gasteiger charge is 2.38. The molecular formula is C28H28F4N2O3. The Morgan fingerprint density at radius 1 is 1.08 bits per heavy atom. The number of carbonyl (C=O) groups excluding carboxylic acids is 1. The minimum absolute atomic E-state index is 0.121. The first-order valence-electron chi connectivity index (χ1n) is 11.7. The molecule has 2 aliphatic rings. The first-order chi connectivity index (χ1) is 17.3. The number of amides is 1. The average Bonchev–Trinajstić information content (AvgIpc) is 3.05. The number of halogens is 4. The van der Waals surface area contributed by atoms with Gasteiger partial charge in [-0.05, 0) is 62.2 Å². The van der Waals surface area contributed by atoms with E-state index >= 15 is 0 Å². The predicted octanol–water partition coefficient (Wildman–Crippen LogP) is 6.01. The van der Waals surface area contributed by atoms with Gasteiger partial charge in [-0.1, -0.05) is 12.1 Å². The van der Waals surface area contributed by atoms with Gasteiger partial charge in [0, 0.05) is 42.1 Å². The van der Waals surface area contributed by atoms with Crippen molar-refractivity contribution < 1.29 is 31.8 Å². The van der Waals surface area contributed by atoms with Crippen LogP contribution in [-0.2, 0) is 11.0 Å². The lowest BCUT2D eigenvalue weighted by Gasteiger charge is -2.29. The fourth-order valence-electron chi connectivity index (χ4n) is 4.58. The highest BCUT2D eigenvalue weighted by molar-refractivity contribution is 5.91. The molecule has 37 heavy (non-hydrogen) atoms. The number of nitrogens with zero attached hydrogens (tertiary/aromatic N) is 1. The van der Waals surface area contributed by atoms with Crippen LogP contribution < -0.4 is 14.8 Å². The van der Waals surface area contributed by atoms with Gasteiger partial charge in [-0.15, -0.1) is 0 Å². The minimum atomic E-state index is -4.57. The van der Waals surface area contributed by atoms with Gasteiger partial charge in [0.25, 0.3) is 5.91 Å². The van der Waals surface area contributed by atoms with Crippen LogP contribution in [0.25, 0.3) is 5.57 Å². The Labute approximate surface area is 213 Å². The van der Waals surface area contributed by atoms with E-state index in [4.69, 9.17) is 9.47 Å². The first kappa shape index (κ1) is 26.3. The molecule has 2 aromatic carbocycles. The number of allylic oxidation sites excluding steroid dienone is 2. The molecule has 1 heterocycles. The van der Waals surface area contributed by atoms with Crippen LogP contribution in [0.5, 0.6) is 11.5 Å². The number of benzene rings is 2. The molecule has 0 radical (unpaired) electrons. The van der Waals surface area contributed by atoms with E-state index in [1.807, 2.05) is 0 Å². The first-order valence-corrected chi connectivity index (χ1v) is 11.7. The van der Waals surface area contributed by atoms with E-state index in [9.17, 15) is 22.4 Å². The maximum atomic E-state index is 13.9. The molecule has 5 nitrogen and oxygen atoms in total. The van der Waals surface area contributed by atoms with Crippen molar-refractivity contribution in [3.63, 3.8) is 0 Å². The number of hydrogen-bond acceptors (Lipinski definition) is 4. The average molecular weight is 517 g/mol. The van der Waals surface area contributed by atoms with Crippen molar-refractivity contribution in [1.29, 1.82) is 0 Å². The lowest BCUT2D eigenvalue weighted by atomic mass is 9.93. The summed E-state index contributed by atoms with van der Waals surface area (Å²) in [6.07, 6.45) is -0.805. The lowest BCUT2D eigenvalue weighted by Crippen LogP contribution is -2.50. The van der Waals surface area contributed by atoms with Gasteiger partial charge in [-0.2, -0.15) is 13.2 Å². The molecule has 1 aliphatic heterocycles. The second-order valence-electron chi connectivity index (χ2n) is 9.60. The number of fused-ring (bicyclic) bond motifs is 2. The quantitative estimate of drug-likeness (QED) is 0.495. The van der Waals surface area contributed by atoms with Gasteiger partial charge >= 0.3 is 6.18 Å². The number of rotatable bonds is 5. The van der Waals surface area contributed by atoms with E-state index in [1.54, 1.807) is 46.0 Å². The number of aryl methyl sites for hydroxylation is 1. The molecular weight excluding hydrogens is 488 g/mol. The van der Waals surface area contributed by atoms with E-state index in [2.05, 4.69) is 5.32 Å². The largest absolute Gasteiger partial charge is 0.496 e. The van der Waals surface area contributed by atoms with Gasteiger partial charge < -0.3 is 19.7 Å². The van der Waals surface area contributed by atoms with Crippen LogP contribution >= 0.6 is 0 Å². The summed E-state index contributed by atoms with van der Waals surface area (Å²) in [5.74, 6) is -0.176. The summed E-state index contributed by atoms with van der Waals surface area (Å²) >= 11 is 0. The van der Waals surface area contributed by atoms with Crippen molar-refractivity contribution in [2.45, 2.75) is 38.9 Å².